The van der Waals surface area contributed by atoms with Crippen molar-refractivity contribution in [2.45, 2.75) is 13.8 Å². The predicted octanol–water partition coefficient (Wildman–Crippen LogP) is 3.60. The van der Waals surface area contributed by atoms with Gasteiger partial charge in [0, 0.05) is 16.7 Å². The van der Waals surface area contributed by atoms with Crippen LogP contribution in [0.1, 0.15) is 22.8 Å². The van der Waals surface area contributed by atoms with E-state index < -0.39 is 5.91 Å². The second kappa shape index (κ2) is 7.03. The minimum absolute atomic E-state index is 0.0864. The van der Waals surface area contributed by atoms with E-state index >= 15 is 0 Å². The minimum Gasteiger partial charge on any atom is -0.484 e. The van der Waals surface area contributed by atoms with Gasteiger partial charge in [-0.25, -0.2) is 0 Å². The second-order valence-electron chi connectivity index (χ2n) is 5.56. The topological polar surface area (TPSA) is 73.9 Å². The fraction of sp³-hybridized carbons (Fsp3) is 0.222. The molecular formula is C18H16ClNO5. The van der Waals surface area contributed by atoms with Gasteiger partial charge < -0.3 is 19.5 Å². The molecule has 0 spiro atoms. The van der Waals surface area contributed by atoms with Crippen molar-refractivity contribution in [3.8, 4) is 17.2 Å². The summed E-state index contributed by atoms with van der Waals surface area (Å²) in [6.07, 6.45) is 0. The largest absolute Gasteiger partial charge is 0.484 e. The van der Waals surface area contributed by atoms with Gasteiger partial charge in [0.15, 0.2) is 23.9 Å². The van der Waals surface area contributed by atoms with Crippen LogP contribution in [-0.4, -0.2) is 25.1 Å². The maximum Gasteiger partial charge on any atom is 0.262 e. The molecule has 0 aromatic heterocycles. The number of carbonyl (C=O) groups excluding carboxylic acids is 2. The van der Waals surface area contributed by atoms with E-state index in [2.05, 4.69) is 5.32 Å². The SMILES string of the molecule is CC(=O)c1cc2c(cc1NC(=O)COc1ccc(Cl)c(C)c1)OCO2. The lowest BCUT2D eigenvalue weighted by Gasteiger charge is -2.12. The number of ether oxygens (including phenoxy) is 3. The molecule has 0 fully saturated rings. The summed E-state index contributed by atoms with van der Waals surface area (Å²) in [6.45, 7) is 3.15. The number of carbonyl (C=O) groups is 2. The standard InChI is InChI=1S/C18H16ClNO5/c1-10-5-12(3-4-14(10)19)23-8-18(22)20-15-7-17-16(24-9-25-17)6-13(15)11(2)21/h3-7H,8-9H2,1-2H3,(H,20,22). The molecule has 2 aromatic rings. The highest BCUT2D eigenvalue weighted by atomic mass is 35.5. The number of anilines is 1. The number of benzene rings is 2. The van der Waals surface area contributed by atoms with Gasteiger partial charge in [-0.05, 0) is 43.7 Å². The van der Waals surface area contributed by atoms with Crippen LogP contribution in [0.15, 0.2) is 30.3 Å². The van der Waals surface area contributed by atoms with Crippen molar-refractivity contribution in [3.05, 3.63) is 46.5 Å². The van der Waals surface area contributed by atoms with Gasteiger partial charge in [0.2, 0.25) is 6.79 Å². The zero-order valence-electron chi connectivity index (χ0n) is 13.7. The van der Waals surface area contributed by atoms with Crippen molar-refractivity contribution < 1.29 is 23.8 Å². The Labute approximate surface area is 149 Å². The Morgan fingerprint density at radius 2 is 1.92 bits per heavy atom. The Kier molecular flexibility index (Phi) is 4.81. The summed E-state index contributed by atoms with van der Waals surface area (Å²) in [7, 11) is 0. The van der Waals surface area contributed by atoms with Crippen molar-refractivity contribution in [3.63, 3.8) is 0 Å². The highest BCUT2D eigenvalue weighted by Gasteiger charge is 2.20. The van der Waals surface area contributed by atoms with Crippen molar-refractivity contribution in [1.29, 1.82) is 0 Å². The molecule has 0 radical (unpaired) electrons. The molecule has 6 nitrogen and oxygen atoms in total. The molecule has 0 unspecified atom stereocenters. The first kappa shape index (κ1) is 17.1. The van der Waals surface area contributed by atoms with E-state index in [1.165, 1.54) is 6.92 Å². The average Bonchev–Trinajstić information content (AvgIpc) is 3.02. The van der Waals surface area contributed by atoms with Crippen LogP contribution in [0, 0.1) is 6.92 Å². The highest BCUT2D eigenvalue weighted by Crippen LogP contribution is 2.37. The van der Waals surface area contributed by atoms with Crippen molar-refractivity contribution >= 4 is 29.0 Å². The van der Waals surface area contributed by atoms with Gasteiger partial charge >= 0.3 is 0 Å². The monoisotopic (exact) mass is 361 g/mol. The molecular weight excluding hydrogens is 346 g/mol. The molecule has 0 bridgehead atoms. The van der Waals surface area contributed by atoms with Crippen LogP contribution < -0.4 is 19.5 Å². The van der Waals surface area contributed by atoms with E-state index in [1.54, 1.807) is 30.3 Å². The normalized spacial score (nSPS) is 12.0. The van der Waals surface area contributed by atoms with Gasteiger partial charge in [0.25, 0.3) is 5.91 Å². The summed E-state index contributed by atoms with van der Waals surface area (Å²) in [5, 5.41) is 3.30. The number of amides is 1. The van der Waals surface area contributed by atoms with E-state index in [4.69, 9.17) is 25.8 Å². The number of fused-ring (bicyclic) bond motifs is 1. The first-order valence-corrected chi connectivity index (χ1v) is 7.95. The molecule has 0 saturated carbocycles. The lowest BCUT2D eigenvalue weighted by molar-refractivity contribution is -0.118. The Balaban J connectivity index is 1.70. The molecule has 0 saturated heterocycles. The fourth-order valence-electron chi connectivity index (χ4n) is 2.38. The van der Waals surface area contributed by atoms with E-state index in [1.807, 2.05) is 6.92 Å². The number of aryl methyl sites for hydroxylation is 1. The van der Waals surface area contributed by atoms with Gasteiger partial charge in [-0.3, -0.25) is 9.59 Å². The van der Waals surface area contributed by atoms with Crippen LogP contribution in [0.4, 0.5) is 5.69 Å². The molecule has 1 amide bonds. The zero-order valence-corrected chi connectivity index (χ0v) is 14.5. The molecule has 1 heterocycles. The van der Waals surface area contributed by atoms with E-state index in [0.29, 0.717) is 33.5 Å². The summed E-state index contributed by atoms with van der Waals surface area (Å²) in [6, 6.07) is 8.27. The molecule has 130 valence electrons. The van der Waals surface area contributed by atoms with Crippen LogP contribution in [0.25, 0.3) is 0 Å². The number of halogens is 1. The van der Waals surface area contributed by atoms with Gasteiger partial charge in [-0.1, -0.05) is 11.6 Å². The molecule has 25 heavy (non-hydrogen) atoms. The van der Waals surface area contributed by atoms with Crippen LogP contribution in [0.3, 0.4) is 0 Å². The molecule has 1 aliphatic rings. The van der Waals surface area contributed by atoms with Gasteiger partial charge in [-0.15, -0.1) is 0 Å². The Bertz CT molecular complexity index is 850. The lowest BCUT2D eigenvalue weighted by Crippen LogP contribution is -2.21. The highest BCUT2D eigenvalue weighted by molar-refractivity contribution is 6.31. The van der Waals surface area contributed by atoms with Crippen LogP contribution in [0.2, 0.25) is 5.02 Å². The Morgan fingerprint density at radius 1 is 1.20 bits per heavy atom. The summed E-state index contributed by atoms with van der Waals surface area (Å²) in [5.74, 6) is 0.914. The maximum absolute atomic E-state index is 12.2. The molecule has 2 aromatic carbocycles. The molecule has 3 rings (SSSR count). The van der Waals surface area contributed by atoms with E-state index in [9.17, 15) is 9.59 Å². The molecule has 1 aliphatic heterocycles. The third-order valence-electron chi connectivity index (χ3n) is 3.67. The number of Topliss-reactive ketones (excluding diaryl/α,β-unsaturated/α-hetero) is 1. The smallest absolute Gasteiger partial charge is 0.262 e. The first-order valence-electron chi connectivity index (χ1n) is 7.57. The van der Waals surface area contributed by atoms with Crippen molar-refractivity contribution in [2.24, 2.45) is 0 Å². The molecule has 0 aliphatic carbocycles. The summed E-state index contributed by atoms with van der Waals surface area (Å²) in [5.41, 5.74) is 1.56. The average molecular weight is 362 g/mol. The summed E-state index contributed by atoms with van der Waals surface area (Å²) >= 11 is 5.96. The quantitative estimate of drug-likeness (QED) is 0.824. The van der Waals surface area contributed by atoms with Crippen LogP contribution >= 0.6 is 11.6 Å². The number of rotatable bonds is 5. The molecule has 0 atom stereocenters. The third-order valence-corrected chi connectivity index (χ3v) is 4.09. The molecule has 7 heteroatoms. The lowest BCUT2D eigenvalue weighted by atomic mass is 10.1. The maximum atomic E-state index is 12.2. The second-order valence-corrected chi connectivity index (χ2v) is 5.96. The van der Waals surface area contributed by atoms with Gasteiger partial charge in [0.05, 0.1) is 5.69 Å². The predicted molar refractivity (Wildman–Crippen MR) is 92.9 cm³/mol. The minimum atomic E-state index is -0.394. The zero-order chi connectivity index (χ0) is 18.0. The Morgan fingerprint density at radius 3 is 2.60 bits per heavy atom. The summed E-state index contributed by atoms with van der Waals surface area (Å²) in [4.78, 5) is 24.0. The van der Waals surface area contributed by atoms with Crippen LogP contribution in [0.5, 0.6) is 17.2 Å². The molecule has 1 N–H and O–H groups in total. The number of nitrogens with one attached hydrogen (secondary N) is 1. The third kappa shape index (κ3) is 3.85. The number of hydrogen-bond acceptors (Lipinski definition) is 5. The van der Waals surface area contributed by atoms with Crippen molar-refractivity contribution in [1.82, 2.24) is 0 Å². The van der Waals surface area contributed by atoms with Crippen LogP contribution in [-0.2, 0) is 4.79 Å². The number of hydrogen-bond donors (Lipinski definition) is 1. The van der Waals surface area contributed by atoms with E-state index in [-0.39, 0.29) is 19.2 Å². The Hall–Kier alpha value is -2.73. The fourth-order valence-corrected chi connectivity index (χ4v) is 2.50. The summed E-state index contributed by atoms with van der Waals surface area (Å²) < 4.78 is 16.0. The van der Waals surface area contributed by atoms with E-state index in [0.717, 1.165) is 5.56 Å². The van der Waals surface area contributed by atoms with Gasteiger partial charge in [-0.2, -0.15) is 0 Å². The van der Waals surface area contributed by atoms with Gasteiger partial charge in [0.1, 0.15) is 5.75 Å². The van der Waals surface area contributed by atoms with Crippen molar-refractivity contribution in [2.75, 3.05) is 18.7 Å². The number of ketones is 1. The first-order chi connectivity index (χ1) is 11.9.